The predicted molar refractivity (Wildman–Crippen MR) is 115 cm³/mol. The molecule has 2 atom stereocenters. The fraction of sp³-hybridized carbons (Fsp3) is 0.130. The number of benzene rings is 3. The van der Waals surface area contributed by atoms with Crippen molar-refractivity contribution >= 4 is 34.1 Å². The molecule has 150 valence electrons. The standard InChI is InChI=1S/C23H18ClFN4O/c24-16-3-1-2-14(10-16)23-20(26)12-22(30)28(23)19-8-9-21-15(11-19)13-27-29(21)18-6-4-17(25)5-7-18/h1-11,13,20,23H,12,26H2/t20-,23+/m0/s1. The van der Waals surface area contributed by atoms with Crippen molar-refractivity contribution in [2.45, 2.75) is 18.5 Å². The van der Waals surface area contributed by atoms with Gasteiger partial charge in [-0.25, -0.2) is 9.07 Å². The fourth-order valence-electron chi connectivity index (χ4n) is 4.11. The van der Waals surface area contributed by atoms with Gasteiger partial charge < -0.3 is 10.6 Å². The lowest BCUT2D eigenvalue weighted by atomic mass is 10.0. The average Bonchev–Trinajstić information content (AvgIpc) is 3.28. The summed E-state index contributed by atoms with van der Waals surface area (Å²) in [6.45, 7) is 0. The Kier molecular flexibility index (Phi) is 4.53. The molecule has 0 saturated carbocycles. The van der Waals surface area contributed by atoms with Gasteiger partial charge in [0.2, 0.25) is 5.91 Å². The first kappa shape index (κ1) is 18.8. The van der Waals surface area contributed by atoms with Gasteiger partial charge in [0.05, 0.1) is 23.4 Å². The van der Waals surface area contributed by atoms with Gasteiger partial charge in [-0.05, 0) is 60.2 Å². The number of fused-ring (bicyclic) bond motifs is 1. The Balaban J connectivity index is 1.56. The lowest BCUT2D eigenvalue weighted by Gasteiger charge is -2.27. The van der Waals surface area contributed by atoms with E-state index in [1.807, 2.05) is 36.4 Å². The van der Waals surface area contributed by atoms with Gasteiger partial charge in [-0.1, -0.05) is 23.7 Å². The highest BCUT2D eigenvalue weighted by atomic mass is 35.5. The maximum atomic E-state index is 13.3. The zero-order valence-corrected chi connectivity index (χ0v) is 16.6. The minimum atomic E-state index is -0.325. The average molecular weight is 421 g/mol. The monoisotopic (exact) mass is 420 g/mol. The largest absolute Gasteiger partial charge is 0.325 e. The summed E-state index contributed by atoms with van der Waals surface area (Å²) in [5.41, 5.74) is 9.61. The van der Waals surface area contributed by atoms with Crippen molar-refractivity contribution in [2.75, 3.05) is 4.90 Å². The molecule has 1 fully saturated rings. The Morgan fingerprint density at radius 3 is 2.57 bits per heavy atom. The number of aromatic nitrogens is 2. The van der Waals surface area contributed by atoms with E-state index in [2.05, 4.69) is 5.10 Å². The van der Waals surface area contributed by atoms with Crippen molar-refractivity contribution in [3.8, 4) is 5.69 Å². The van der Waals surface area contributed by atoms with Gasteiger partial charge in [-0.15, -0.1) is 0 Å². The van der Waals surface area contributed by atoms with Crippen molar-refractivity contribution in [1.82, 2.24) is 9.78 Å². The van der Waals surface area contributed by atoms with Gasteiger partial charge >= 0.3 is 0 Å². The number of hydrogen-bond acceptors (Lipinski definition) is 3. The van der Waals surface area contributed by atoms with Gasteiger partial charge in [0.15, 0.2) is 0 Å². The Morgan fingerprint density at radius 1 is 1.03 bits per heavy atom. The first-order chi connectivity index (χ1) is 14.5. The van der Waals surface area contributed by atoms with Crippen molar-refractivity contribution in [3.05, 3.63) is 89.3 Å². The van der Waals surface area contributed by atoms with Crippen LogP contribution in [0.15, 0.2) is 72.9 Å². The number of nitrogens with zero attached hydrogens (tertiary/aromatic N) is 3. The number of nitrogens with two attached hydrogens (primary N) is 1. The second kappa shape index (κ2) is 7.23. The minimum Gasteiger partial charge on any atom is -0.325 e. The number of anilines is 1. The number of amides is 1. The molecular weight excluding hydrogens is 403 g/mol. The summed E-state index contributed by atoms with van der Waals surface area (Å²) in [5.74, 6) is -0.328. The zero-order valence-electron chi connectivity index (χ0n) is 15.9. The smallest absolute Gasteiger partial charge is 0.229 e. The molecule has 0 bridgehead atoms. The Labute approximate surface area is 177 Å². The van der Waals surface area contributed by atoms with Crippen LogP contribution in [0.1, 0.15) is 18.0 Å². The molecule has 30 heavy (non-hydrogen) atoms. The third-order valence-corrected chi connectivity index (χ3v) is 5.69. The maximum Gasteiger partial charge on any atom is 0.229 e. The molecule has 4 aromatic rings. The lowest BCUT2D eigenvalue weighted by molar-refractivity contribution is -0.117. The summed E-state index contributed by atoms with van der Waals surface area (Å²) in [7, 11) is 0. The molecule has 1 aromatic heterocycles. The third kappa shape index (κ3) is 3.14. The zero-order chi connectivity index (χ0) is 20.8. The van der Waals surface area contributed by atoms with Crippen LogP contribution in [0.4, 0.5) is 10.1 Å². The van der Waals surface area contributed by atoms with E-state index in [0.29, 0.717) is 5.02 Å². The Bertz CT molecular complexity index is 1250. The van der Waals surface area contributed by atoms with Crippen LogP contribution in [0.2, 0.25) is 5.02 Å². The molecule has 1 amide bonds. The summed E-state index contributed by atoms with van der Waals surface area (Å²) < 4.78 is 15.0. The van der Waals surface area contributed by atoms with Gasteiger partial charge in [-0.2, -0.15) is 5.10 Å². The fourth-order valence-corrected chi connectivity index (χ4v) is 4.31. The summed E-state index contributed by atoms with van der Waals surface area (Å²) in [5, 5.41) is 5.91. The van der Waals surface area contributed by atoms with Crippen molar-refractivity contribution in [1.29, 1.82) is 0 Å². The molecule has 5 nitrogen and oxygen atoms in total. The molecule has 7 heteroatoms. The SMILES string of the molecule is N[C@H]1CC(=O)N(c2ccc3c(cnn3-c3ccc(F)cc3)c2)[C@@H]1c1cccc(Cl)c1. The van der Waals surface area contributed by atoms with Crippen molar-refractivity contribution in [2.24, 2.45) is 5.73 Å². The van der Waals surface area contributed by atoms with Crippen LogP contribution in [0.5, 0.6) is 0 Å². The van der Waals surface area contributed by atoms with E-state index in [1.54, 1.807) is 34.0 Å². The van der Waals surface area contributed by atoms with E-state index in [4.69, 9.17) is 17.3 Å². The molecule has 1 aliphatic rings. The first-order valence-corrected chi connectivity index (χ1v) is 9.96. The summed E-state index contributed by atoms with van der Waals surface area (Å²) in [6, 6.07) is 18.7. The van der Waals surface area contributed by atoms with Crippen LogP contribution in [0.25, 0.3) is 16.6 Å². The highest BCUT2D eigenvalue weighted by molar-refractivity contribution is 6.30. The normalized spacial score (nSPS) is 19.0. The number of halogens is 2. The van der Waals surface area contributed by atoms with Gasteiger partial charge in [0, 0.05) is 28.6 Å². The van der Waals surface area contributed by atoms with Gasteiger partial charge in [-0.3, -0.25) is 4.79 Å². The quantitative estimate of drug-likeness (QED) is 0.525. The molecule has 0 unspecified atom stereocenters. The molecule has 1 saturated heterocycles. The van der Waals surface area contributed by atoms with E-state index >= 15 is 0 Å². The van der Waals surface area contributed by atoms with E-state index in [9.17, 15) is 9.18 Å². The molecule has 2 N–H and O–H groups in total. The molecule has 1 aliphatic heterocycles. The molecule has 0 aliphatic carbocycles. The van der Waals surface area contributed by atoms with E-state index in [-0.39, 0.29) is 30.2 Å². The highest BCUT2D eigenvalue weighted by Crippen LogP contribution is 2.38. The molecule has 2 heterocycles. The van der Waals surface area contributed by atoms with Crippen LogP contribution in [-0.2, 0) is 4.79 Å². The topological polar surface area (TPSA) is 64.2 Å². The Hall–Kier alpha value is -3.22. The van der Waals surface area contributed by atoms with E-state index < -0.39 is 0 Å². The number of rotatable bonds is 3. The number of hydrogen-bond donors (Lipinski definition) is 1. The molecule has 0 radical (unpaired) electrons. The molecule has 5 rings (SSSR count). The minimum absolute atomic E-state index is 0.0299. The van der Waals surface area contributed by atoms with Crippen molar-refractivity contribution in [3.63, 3.8) is 0 Å². The maximum absolute atomic E-state index is 13.3. The predicted octanol–water partition coefficient (Wildman–Crippen LogP) is 4.62. The van der Waals surface area contributed by atoms with Gasteiger partial charge in [0.1, 0.15) is 5.82 Å². The molecular formula is C23H18ClFN4O. The highest BCUT2D eigenvalue weighted by Gasteiger charge is 2.39. The molecule has 3 aromatic carbocycles. The summed E-state index contributed by atoms with van der Waals surface area (Å²) in [6.07, 6.45) is 2.00. The van der Waals surface area contributed by atoms with Crippen LogP contribution < -0.4 is 10.6 Å². The first-order valence-electron chi connectivity index (χ1n) is 9.58. The lowest BCUT2D eigenvalue weighted by Crippen LogP contribution is -2.33. The second-order valence-electron chi connectivity index (χ2n) is 7.41. The number of carbonyl (C=O) groups excluding carboxylic acids is 1. The van der Waals surface area contributed by atoms with Crippen molar-refractivity contribution < 1.29 is 9.18 Å². The number of carbonyl (C=O) groups is 1. The van der Waals surface area contributed by atoms with Crippen LogP contribution >= 0.6 is 11.6 Å². The summed E-state index contributed by atoms with van der Waals surface area (Å²) >= 11 is 6.17. The Morgan fingerprint density at radius 2 is 1.80 bits per heavy atom. The molecule has 0 spiro atoms. The van der Waals surface area contributed by atoms with Crippen LogP contribution in [0.3, 0.4) is 0 Å². The second-order valence-corrected chi connectivity index (χ2v) is 7.84. The van der Waals surface area contributed by atoms with Crippen LogP contribution in [0, 0.1) is 5.82 Å². The van der Waals surface area contributed by atoms with Crippen LogP contribution in [-0.4, -0.2) is 21.7 Å². The van der Waals surface area contributed by atoms with Gasteiger partial charge in [0.25, 0.3) is 0 Å². The summed E-state index contributed by atoms with van der Waals surface area (Å²) in [4.78, 5) is 14.5. The van der Waals surface area contributed by atoms with E-state index in [0.717, 1.165) is 27.8 Å². The third-order valence-electron chi connectivity index (χ3n) is 5.45. The van der Waals surface area contributed by atoms with E-state index in [1.165, 1.54) is 12.1 Å².